The molecule has 0 fully saturated rings. The minimum Gasteiger partial charge on any atom is -0.476 e. The van der Waals surface area contributed by atoms with Gasteiger partial charge >= 0.3 is 5.97 Å². The Kier molecular flexibility index (Phi) is 3.69. The van der Waals surface area contributed by atoms with Crippen LogP contribution in [0.15, 0.2) is 24.3 Å². The van der Waals surface area contributed by atoms with Crippen molar-refractivity contribution in [2.45, 2.75) is 6.42 Å². The van der Waals surface area contributed by atoms with Crippen molar-refractivity contribution in [1.29, 1.82) is 0 Å². The van der Waals surface area contributed by atoms with E-state index in [1.807, 2.05) is 0 Å². The third kappa shape index (κ3) is 2.55. The first-order valence-electron chi connectivity index (χ1n) is 5.31. The van der Waals surface area contributed by atoms with E-state index in [1.54, 1.807) is 12.1 Å². The number of benzene rings is 1. The van der Waals surface area contributed by atoms with Gasteiger partial charge in [0.05, 0.1) is 0 Å². The molecule has 1 aromatic heterocycles. The van der Waals surface area contributed by atoms with E-state index in [2.05, 4.69) is 4.98 Å². The van der Waals surface area contributed by atoms with E-state index >= 15 is 0 Å². The number of carboxylic acids is 1. The molecule has 1 aromatic carbocycles. The summed E-state index contributed by atoms with van der Waals surface area (Å²) >= 11 is 1.28. The lowest BCUT2D eigenvalue weighted by Crippen LogP contribution is -2.06. The van der Waals surface area contributed by atoms with Crippen molar-refractivity contribution in [3.8, 4) is 10.6 Å². The van der Waals surface area contributed by atoms with Crippen LogP contribution >= 0.6 is 11.3 Å². The quantitative estimate of drug-likeness (QED) is 0.889. The molecule has 1 heterocycles. The highest BCUT2D eigenvalue weighted by Gasteiger charge is 2.17. The SMILES string of the molecule is NCCc1sc(-c2ccc(F)cc2)nc1C(=O)O. The number of nitrogens with zero attached hydrogens (tertiary/aromatic N) is 1. The van der Waals surface area contributed by atoms with Crippen LogP contribution in [0.1, 0.15) is 15.4 Å². The van der Waals surface area contributed by atoms with Gasteiger partial charge in [0.2, 0.25) is 0 Å². The zero-order chi connectivity index (χ0) is 13.1. The smallest absolute Gasteiger partial charge is 0.355 e. The number of aromatic nitrogens is 1. The molecular formula is C12H11FN2O2S. The Morgan fingerprint density at radius 1 is 1.39 bits per heavy atom. The molecule has 6 heteroatoms. The van der Waals surface area contributed by atoms with Crippen LogP contribution < -0.4 is 5.73 Å². The predicted molar refractivity (Wildman–Crippen MR) is 67.2 cm³/mol. The summed E-state index contributed by atoms with van der Waals surface area (Å²) in [6, 6.07) is 5.79. The number of carboxylic acid groups (broad SMARTS) is 1. The van der Waals surface area contributed by atoms with Crippen LogP contribution in [0.4, 0.5) is 4.39 Å². The van der Waals surface area contributed by atoms with Crippen LogP contribution in [-0.2, 0) is 6.42 Å². The number of rotatable bonds is 4. The number of hydrogen-bond donors (Lipinski definition) is 2. The maximum Gasteiger partial charge on any atom is 0.355 e. The molecule has 0 aliphatic carbocycles. The Morgan fingerprint density at radius 3 is 2.61 bits per heavy atom. The summed E-state index contributed by atoms with van der Waals surface area (Å²) in [6.45, 7) is 0.366. The Labute approximate surface area is 107 Å². The number of nitrogens with two attached hydrogens (primary N) is 1. The van der Waals surface area contributed by atoms with E-state index in [-0.39, 0.29) is 11.5 Å². The second kappa shape index (κ2) is 5.24. The lowest BCUT2D eigenvalue weighted by Gasteiger charge is -1.94. The van der Waals surface area contributed by atoms with Gasteiger partial charge in [0, 0.05) is 10.4 Å². The zero-order valence-electron chi connectivity index (χ0n) is 9.39. The molecule has 3 N–H and O–H groups in total. The molecule has 2 aromatic rings. The van der Waals surface area contributed by atoms with Gasteiger partial charge in [-0.3, -0.25) is 0 Å². The fraction of sp³-hybridized carbons (Fsp3) is 0.167. The highest BCUT2D eigenvalue weighted by atomic mass is 32.1. The van der Waals surface area contributed by atoms with Gasteiger partial charge in [-0.15, -0.1) is 11.3 Å². The Hall–Kier alpha value is -1.79. The van der Waals surface area contributed by atoms with Gasteiger partial charge in [-0.1, -0.05) is 0 Å². The van der Waals surface area contributed by atoms with E-state index in [0.717, 1.165) is 0 Å². The molecule has 2 rings (SSSR count). The first-order chi connectivity index (χ1) is 8.61. The lowest BCUT2D eigenvalue weighted by molar-refractivity contribution is 0.0690. The predicted octanol–water partition coefficient (Wildman–Crippen LogP) is 2.15. The summed E-state index contributed by atoms with van der Waals surface area (Å²) in [5.74, 6) is -1.40. The van der Waals surface area contributed by atoms with Crippen molar-refractivity contribution < 1.29 is 14.3 Å². The molecule has 0 saturated carbocycles. The normalized spacial score (nSPS) is 10.6. The van der Waals surface area contributed by atoms with Crippen molar-refractivity contribution >= 4 is 17.3 Å². The highest BCUT2D eigenvalue weighted by molar-refractivity contribution is 7.15. The first-order valence-corrected chi connectivity index (χ1v) is 6.12. The fourth-order valence-corrected chi connectivity index (χ4v) is 2.61. The average molecular weight is 266 g/mol. The van der Waals surface area contributed by atoms with Crippen LogP contribution in [0.25, 0.3) is 10.6 Å². The molecule has 4 nitrogen and oxygen atoms in total. The van der Waals surface area contributed by atoms with Gasteiger partial charge in [0.1, 0.15) is 10.8 Å². The number of thiazole rings is 1. The first kappa shape index (κ1) is 12.7. The Morgan fingerprint density at radius 2 is 2.06 bits per heavy atom. The minimum atomic E-state index is -1.07. The molecule has 0 amide bonds. The molecule has 0 unspecified atom stereocenters. The lowest BCUT2D eigenvalue weighted by atomic mass is 10.2. The van der Waals surface area contributed by atoms with Crippen LogP contribution in [0, 0.1) is 5.82 Å². The second-order valence-corrected chi connectivity index (χ2v) is 4.73. The van der Waals surface area contributed by atoms with Gasteiger partial charge in [0.25, 0.3) is 0 Å². The van der Waals surface area contributed by atoms with Gasteiger partial charge < -0.3 is 10.8 Å². The maximum atomic E-state index is 12.8. The number of hydrogen-bond acceptors (Lipinski definition) is 4. The third-order valence-corrected chi connectivity index (χ3v) is 3.53. The summed E-state index contributed by atoms with van der Waals surface area (Å²) in [5, 5.41) is 9.61. The van der Waals surface area contributed by atoms with Crippen molar-refractivity contribution in [3.05, 3.63) is 40.7 Å². The topological polar surface area (TPSA) is 76.2 Å². The van der Waals surface area contributed by atoms with Crippen LogP contribution in [-0.4, -0.2) is 22.6 Å². The number of aromatic carboxylic acids is 1. The average Bonchev–Trinajstić information content (AvgIpc) is 2.75. The standard InChI is InChI=1S/C12H11FN2O2S/c13-8-3-1-7(2-4-8)11-15-10(12(16)17)9(18-11)5-6-14/h1-4H,5-6,14H2,(H,16,17). The molecule has 18 heavy (non-hydrogen) atoms. The van der Waals surface area contributed by atoms with Gasteiger partial charge in [-0.2, -0.15) is 0 Å². The van der Waals surface area contributed by atoms with Gasteiger partial charge in [0.15, 0.2) is 5.69 Å². The van der Waals surface area contributed by atoms with Crippen molar-refractivity contribution in [1.82, 2.24) is 4.98 Å². The molecule has 0 atom stereocenters. The third-order valence-electron chi connectivity index (χ3n) is 2.36. The van der Waals surface area contributed by atoms with Gasteiger partial charge in [-0.25, -0.2) is 14.2 Å². The highest BCUT2D eigenvalue weighted by Crippen LogP contribution is 2.28. The molecule has 0 saturated heterocycles. The van der Waals surface area contributed by atoms with E-state index in [0.29, 0.717) is 28.4 Å². The van der Waals surface area contributed by atoms with E-state index in [9.17, 15) is 9.18 Å². The molecule has 0 aliphatic rings. The number of halogens is 1. The second-order valence-electron chi connectivity index (χ2n) is 3.64. The Bertz CT molecular complexity index is 566. The van der Waals surface area contributed by atoms with Crippen molar-refractivity contribution in [2.24, 2.45) is 5.73 Å². The summed E-state index contributed by atoms with van der Waals surface area (Å²) in [7, 11) is 0. The molecule has 0 bridgehead atoms. The van der Waals surface area contributed by atoms with Crippen LogP contribution in [0.5, 0.6) is 0 Å². The summed E-state index contributed by atoms with van der Waals surface area (Å²) in [5.41, 5.74) is 6.17. The van der Waals surface area contributed by atoms with Crippen molar-refractivity contribution in [3.63, 3.8) is 0 Å². The summed E-state index contributed by atoms with van der Waals surface area (Å²) < 4.78 is 12.8. The fourth-order valence-electron chi connectivity index (χ4n) is 1.54. The van der Waals surface area contributed by atoms with E-state index < -0.39 is 5.97 Å². The summed E-state index contributed by atoms with van der Waals surface area (Å²) in [6.07, 6.45) is 0.473. The van der Waals surface area contributed by atoms with Crippen molar-refractivity contribution in [2.75, 3.05) is 6.54 Å². The van der Waals surface area contributed by atoms with Crippen LogP contribution in [0.3, 0.4) is 0 Å². The monoisotopic (exact) mass is 266 g/mol. The summed E-state index contributed by atoms with van der Waals surface area (Å²) in [4.78, 5) is 15.8. The van der Waals surface area contributed by atoms with Crippen LogP contribution in [0.2, 0.25) is 0 Å². The van der Waals surface area contributed by atoms with Gasteiger partial charge in [-0.05, 0) is 37.2 Å². The maximum absolute atomic E-state index is 12.8. The van der Waals surface area contributed by atoms with E-state index in [4.69, 9.17) is 10.8 Å². The molecule has 0 spiro atoms. The zero-order valence-corrected chi connectivity index (χ0v) is 10.2. The number of carbonyl (C=O) groups is 1. The largest absolute Gasteiger partial charge is 0.476 e. The Balaban J connectivity index is 2.42. The molecule has 0 aliphatic heterocycles. The molecular weight excluding hydrogens is 255 g/mol. The minimum absolute atomic E-state index is 0.0322. The molecule has 94 valence electrons. The van der Waals surface area contributed by atoms with E-state index in [1.165, 1.54) is 23.5 Å². The molecule has 0 radical (unpaired) electrons.